The highest BCUT2D eigenvalue weighted by Crippen LogP contribution is 2.39. The summed E-state index contributed by atoms with van der Waals surface area (Å²) in [6.45, 7) is 4.50. The van der Waals surface area contributed by atoms with E-state index in [1.807, 2.05) is 4.90 Å². The molecule has 1 aromatic heterocycles. The van der Waals surface area contributed by atoms with Crippen LogP contribution in [0.3, 0.4) is 0 Å². The average Bonchev–Trinajstić information content (AvgIpc) is 3.24. The van der Waals surface area contributed by atoms with Gasteiger partial charge in [-0.25, -0.2) is 4.98 Å². The maximum Gasteiger partial charge on any atom is 0.255 e. The molecule has 2 fully saturated rings. The third-order valence-electron chi connectivity index (χ3n) is 4.28. The lowest BCUT2D eigenvalue weighted by molar-refractivity contribution is -0.134. The van der Waals surface area contributed by atoms with Crippen molar-refractivity contribution in [2.75, 3.05) is 26.2 Å². The predicted octanol–water partition coefficient (Wildman–Crippen LogP) is 1.68. The summed E-state index contributed by atoms with van der Waals surface area (Å²) >= 11 is 5.72. The fourth-order valence-corrected chi connectivity index (χ4v) is 2.83. The first-order chi connectivity index (χ1) is 10.1. The van der Waals surface area contributed by atoms with Crippen LogP contribution in [0.4, 0.5) is 0 Å². The monoisotopic (exact) mass is 307 g/mol. The highest BCUT2D eigenvalue weighted by molar-refractivity contribution is 6.29. The van der Waals surface area contributed by atoms with Gasteiger partial charge < -0.3 is 9.80 Å². The molecule has 2 aliphatic rings. The third-order valence-corrected chi connectivity index (χ3v) is 4.50. The van der Waals surface area contributed by atoms with Crippen LogP contribution in [0.25, 0.3) is 0 Å². The number of aromatic nitrogens is 1. The van der Waals surface area contributed by atoms with Gasteiger partial charge >= 0.3 is 0 Å². The van der Waals surface area contributed by atoms with Crippen LogP contribution in [0.15, 0.2) is 18.3 Å². The second-order valence-electron chi connectivity index (χ2n) is 5.81. The van der Waals surface area contributed by atoms with Crippen LogP contribution in [-0.2, 0) is 4.79 Å². The summed E-state index contributed by atoms with van der Waals surface area (Å²) in [7, 11) is 0. The maximum atomic E-state index is 12.3. The Labute approximate surface area is 128 Å². The molecule has 0 aromatic carbocycles. The normalized spacial score (nSPS) is 24.9. The molecule has 0 N–H and O–H groups in total. The van der Waals surface area contributed by atoms with E-state index < -0.39 is 0 Å². The van der Waals surface area contributed by atoms with Gasteiger partial charge in [0.05, 0.1) is 5.56 Å². The number of pyridine rings is 1. The third kappa shape index (κ3) is 3.02. The van der Waals surface area contributed by atoms with E-state index in [1.165, 1.54) is 6.20 Å². The minimum atomic E-state index is -0.0499. The van der Waals surface area contributed by atoms with E-state index in [-0.39, 0.29) is 17.7 Å². The molecule has 2 amide bonds. The molecule has 1 saturated heterocycles. The zero-order valence-corrected chi connectivity index (χ0v) is 12.7. The van der Waals surface area contributed by atoms with Crippen molar-refractivity contribution in [2.24, 2.45) is 11.8 Å². The van der Waals surface area contributed by atoms with Gasteiger partial charge in [-0.15, -0.1) is 0 Å². The zero-order valence-electron chi connectivity index (χ0n) is 12.0. The molecule has 112 valence electrons. The van der Waals surface area contributed by atoms with E-state index in [0.717, 1.165) is 6.42 Å². The molecule has 1 aromatic rings. The van der Waals surface area contributed by atoms with Gasteiger partial charge in [0, 0.05) is 38.3 Å². The topological polar surface area (TPSA) is 53.5 Å². The molecule has 0 unspecified atom stereocenters. The number of piperazine rings is 1. The predicted molar refractivity (Wildman–Crippen MR) is 79.0 cm³/mol. The van der Waals surface area contributed by atoms with Crippen LogP contribution in [0.2, 0.25) is 5.15 Å². The molecule has 21 heavy (non-hydrogen) atoms. The van der Waals surface area contributed by atoms with E-state index in [2.05, 4.69) is 11.9 Å². The van der Waals surface area contributed by atoms with Gasteiger partial charge in [-0.1, -0.05) is 18.5 Å². The van der Waals surface area contributed by atoms with Gasteiger partial charge in [0.1, 0.15) is 5.15 Å². The summed E-state index contributed by atoms with van der Waals surface area (Å²) in [6.07, 6.45) is 2.50. The van der Waals surface area contributed by atoms with Gasteiger partial charge in [-0.2, -0.15) is 0 Å². The number of carbonyl (C=O) groups is 2. The summed E-state index contributed by atoms with van der Waals surface area (Å²) in [5.74, 6) is 0.943. The molecule has 0 bridgehead atoms. The lowest BCUT2D eigenvalue weighted by atomic mass is 10.2. The number of carbonyl (C=O) groups excluding carboxylic acids is 2. The Balaban J connectivity index is 1.56. The van der Waals surface area contributed by atoms with Crippen molar-refractivity contribution in [3.8, 4) is 0 Å². The molecular formula is C15H18ClN3O2. The van der Waals surface area contributed by atoms with Gasteiger partial charge in [-0.3, -0.25) is 9.59 Å². The van der Waals surface area contributed by atoms with Crippen molar-refractivity contribution in [1.29, 1.82) is 0 Å². The summed E-state index contributed by atoms with van der Waals surface area (Å²) in [5.41, 5.74) is 0.537. The van der Waals surface area contributed by atoms with Gasteiger partial charge in [0.2, 0.25) is 5.91 Å². The molecule has 2 atom stereocenters. The number of hydrogen-bond acceptors (Lipinski definition) is 3. The quantitative estimate of drug-likeness (QED) is 0.781. The highest BCUT2D eigenvalue weighted by atomic mass is 35.5. The van der Waals surface area contributed by atoms with E-state index in [1.54, 1.807) is 17.0 Å². The van der Waals surface area contributed by atoms with Crippen LogP contribution in [-0.4, -0.2) is 52.8 Å². The minimum Gasteiger partial charge on any atom is -0.339 e. The maximum absolute atomic E-state index is 12.3. The van der Waals surface area contributed by atoms with Crippen molar-refractivity contribution in [2.45, 2.75) is 13.3 Å². The van der Waals surface area contributed by atoms with E-state index in [0.29, 0.717) is 42.8 Å². The van der Waals surface area contributed by atoms with E-state index in [9.17, 15) is 9.59 Å². The molecule has 1 saturated carbocycles. The lowest BCUT2D eigenvalue weighted by Gasteiger charge is -2.35. The number of halogens is 1. The van der Waals surface area contributed by atoms with Gasteiger partial charge in [0.25, 0.3) is 5.91 Å². The first-order valence-electron chi connectivity index (χ1n) is 7.26. The lowest BCUT2D eigenvalue weighted by Crippen LogP contribution is -2.51. The van der Waals surface area contributed by atoms with Crippen molar-refractivity contribution < 1.29 is 9.59 Å². The number of rotatable bonds is 2. The second kappa shape index (κ2) is 5.64. The van der Waals surface area contributed by atoms with Crippen LogP contribution < -0.4 is 0 Å². The first kappa shape index (κ1) is 14.3. The molecule has 3 rings (SSSR count). The van der Waals surface area contributed by atoms with Crippen molar-refractivity contribution in [3.63, 3.8) is 0 Å². The zero-order chi connectivity index (χ0) is 15.0. The molecule has 2 heterocycles. The summed E-state index contributed by atoms with van der Waals surface area (Å²) in [5, 5.41) is 0.375. The second-order valence-corrected chi connectivity index (χ2v) is 6.19. The number of hydrogen-bond donors (Lipinski definition) is 0. The molecule has 1 aliphatic carbocycles. The van der Waals surface area contributed by atoms with Crippen molar-refractivity contribution in [1.82, 2.24) is 14.8 Å². The Hall–Kier alpha value is -1.62. The average molecular weight is 308 g/mol. The first-order valence-corrected chi connectivity index (χ1v) is 7.63. The van der Waals surface area contributed by atoms with Crippen molar-refractivity contribution in [3.05, 3.63) is 29.0 Å². The fourth-order valence-electron chi connectivity index (χ4n) is 2.72. The molecule has 6 heteroatoms. The van der Waals surface area contributed by atoms with E-state index in [4.69, 9.17) is 11.6 Å². The van der Waals surface area contributed by atoms with Gasteiger partial charge in [-0.05, 0) is 24.5 Å². The molecule has 1 aliphatic heterocycles. The Morgan fingerprint density at radius 2 is 1.81 bits per heavy atom. The Bertz CT molecular complexity index is 553. The molecule has 5 nitrogen and oxygen atoms in total. The van der Waals surface area contributed by atoms with Crippen LogP contribution >= 0.6 is 11.6 Å². The number of amides is 2. The smallest absolute Gasteiger partial charge is 0.255 e. The Morgan fingerprint density at radius 1 is 1.19 bits per heavy atom. The fraction of sp³-hybridized carbons (Fsp3) is 0.533. The minimum absolute atomic E-state index is 0.0499. The Kier molecular flexibility index (Phi) is 3.85. The summed E-state index contributed by atoms with van der Waals surface area (Å²) in [6, 6.07) is 3.30. The summed E-state index contributed by atoms with van der Waals surface area (Å²) < 4.78 is 0. The largest absolute Gasteiger partial charge is 0.339 e. The van der Waals surface area contributed by atoms with Crippen molar-refractivity contribution >= 4 is 23.4 Å². The number of nitrogens with zero attached hydrogens (tertiary/aromatic N) is 3. The standard InChI is InChI=1S/C15H18ClN3O2/c1-10-8-12(10)15(21)19-6-4-18(5-7-19)14(20)11-2-3-13(16)17-9-11/h2-3,9-10,12H,4-8H2,1H3/t10-,12-/m0/s1. The molecule has 0 radical (unpaired) electrons. The summed E-state index contributed by atoms with van der Waals surface area (Å²) in [4.78, 5) is 32.1. The van der Waals surface area contributed by atoms with E-state index >= 15 is 0 Å². The van der Waals surface area contributed by atoms with Gasteiger partial charge in [0.15, 0.2) is 0 Å². The molecular weight excluding hydrogens is 290 g/mol. The SMILES string of the molecule is C[C@H]1C[C@@H]1C(=O)N1CCN(C(=O)c2ccc(Cl)nc2)CC1. The van der Waals surface area contributed by atoms with Crippen LogP contribution in [0.5, 0.6) is 0 Å². The molecule has 0 spiro atoms. The van der Waals surface area contributed by atoms with Crippen LogP contribution in [0, 0.1) is 11.8 Å². The van der Waals surface area contributed by atoms with Crippen LogP contribution in [0.1, 0.15) is 23.7 Å². The Morgan fingerprint density at radius 3 is 2.33 bits per heavy atom. The highest BCUT2D eigenvalue weighted by Gasteiger charge is 2.42.